The minimum Gasteiger partial charge on any atom is -0.309 e. The van der Waals surface area contributed by atoms with Crippen LogP contribution in [0.15, 0.2) is 17.5 Å². The Bertz CT molecular complexity index is 243. The first-order chi connectivity index (χ1) is 7.84. The van der Waals surface area contributed by atoms with E-state index in [9.17, 15) is 0 Å². The fourth-order valence-electron chi connectivity index (χ4n) is 1.86. The molecule has 2 heteroatoms. The summed E-state index contributed by atoms with van der Waals surface area (Å²) in [7, 11) is 0. The molecule has 16 heavy (non-hydrogen) atoms. The summed E-state index contributed by atoms with van der Waals surface area (Å²) in [6.07, 6.45) is 8.26. The molecule has 0 aliphatic rings. The van der Waals surface area contributed by atoms with Gasteiger partial charge in [0.1, 0.15) is 0 Å². The topological polar surface area (TPSA) is 12.0 Å². The third kappa shape index (κ3) is 5.66. The van der Waals surface area contributed by atoms with Crippen LogP contribution in [-0.2, 0) is 0 Å². The number of nitrogens with one attached hydrogen (secondary N) is 1. The Morgan fingerprint density at radius 2 is 1.94 bits per heavy atom. The third-order valence-corrected chi connectivity index (χ3v) is 4.01. The number of hydrogen-bond acceptors (Lipinski definition) is 2. The molecular weight excluding hydrogens is 214 g/mol. The van der Waals surface area contributed by atoms with Crippen molar-refractivity contribution in [3.63, 3.8) is 0 Å². The zero-order valence-electron chi connectivity index (χ0n) is 10.7. The van der Waals surface area contributed by atoms with Crippen LogP contribution in [0.1, 0.15) is 63.3 Å². The number of rotatable bonds is 9. The van der Waals surface area contributed by atoms with Gasteiger partial charge in [0.25, 0.3) is 0 Å². The molecule has 0 spiro atoms. The lowest BCUT2D eigenvalue weighted by Gasteiger charge is -2.11. The Hall–Kier alpha value is -0.340. The average Bonchev–Trinajstić information content (AvgIpc) is 2.81. The van der Waals surface area contributed by atoms with Crippen molar-refractivity contribution in [2.24, 2.45) is 0 Å². The van der Waals surface area contributed by atoms with E-state index in [0.29, 0.717) is 6.04 Å². The van der Waals surface area contributed by atoms with E-state index >= 15 is 0 Å². The van der Waals surface area contributed by atoms with Gasteiger partial charge in [-0.1, -0.05) is 45.1 Å². The normalized spacial score (nSPS) is 12.9. The smallest absolute Gasteiger partial charge is 0.0386 e. The van der Waals surface area contributed by atoms with Gasteiger partial charge in [-0.25, -0.2) is 0 Å². The lowest BCUT2D eigenvalue weighted by molar-refractivity contribution is 0.531. The maximum absolute atomic E-state index is 3.59. The fourth-order valence-corrected chi connectivity index (χ4v) is 2.62. The zero-order valence-corrected chi connectivity index (χ0v) is 11.5. The molecular formula is C14H25NS. The van der Waals surface area contributed by atoms with Gasteiger partial charge >= 0.3 is 0 Å². The maximum Gasteiger partial charge on any atom is 0.0386 e. The van der Waals surface area contributed by atoms with E-state index in [2.05, 4.69) is 36.7 Å². The summed E-state index contributed by atoms with van der Waals surface area (Å²) in [5.74, 6) is 0. The van der Waals surface area contributed by atoms with Crippen LogP contribution in [0.4, 0.5) is 0 Å². The predicted molar refractivity (Wildman–Crippen MR) is 74.1 cm³/mol. The highest BCUT2D eigenvalue weighted by Crippen LogP contribution is 2.17. The third-order valence-electron chi connectivity index (χ3n) is 2.95. The summed E-state index contributed by atoms with van der Waals surface area (Å²) in [5.41, 5.74) is 0. The van der Waals surface area contributed by atoms with Gasteiger partial charge in [-0.05, 0) is 31.3 Å². The minimum atomic E-state index is 0.524. The lowest BCUT2D eigenvalue weighted by atomic mass is 10.1. The van der Waals surface area contributed by atoms with Crippen molar-refractivity contribution in [2.75, 3.05) is 6.54 Å². The standard InChI is InChI=1S/C14H25NS/c1-3-4-5-6-7-8-11-15-13(2)14-10-9-12-16-14/h9-10,12-13,15H,3-8,11H2,1-2H3/t13-/m0/s1. The van der Waals surface area contributed by atoms with E-state index in [-0.39, 0.29) is 0 Å². The van der Waals surface area contributed by atoms with Crippen LogP contribution >= 0.6 is 11.3 Å². The van der Waals surface area contributed by atoms with E-state index in [4.69, 9.17) is 0 Å². The van der Waals surface area contributed by atoms with Crippen LogP contribution in [0, 0.1) is 0 Å². The fraction of sp³-hybridized carbons (Fsp3) is 0.714. The zero-order chi connectivity index (χ0) is 11.6. The van der Waals surface area contributed by atoms with Crippen molar-refractivity contribution in [3.8, 4) is 0 Å². The van der Waals surface area contributed by atoms with Crippen LogP contribution in [-0.4, -0.2) is 6.54 Å². The van der Waals surface area contributed by atoms with Crippen molar-refractivity contribution in [1.82, 2.24) is 5.32 Å². The Kier molecular flexibility index (Phi) is 7.52. The molecule has 1 aromatic heterocycles. The number of thiophene rings is 1. The quantitative estimate of drug-likeness (QED) is 0.613. The molecule has 1 nitrogen and oxygen atoms in total. The highest BCUT2D eigenvalue weighted by Gasteiger charge is 2.03. The first kappa shape index (κ1) is 13.7. The summed E-state index contributed by atoms with van der Waals surface area (Å²) >= 11 is 1.84. The first-order valence-electron chi connectivity index (χ1n) is 6.61. The lowest BCUT2D eigenvalue weighted by Crippen LogP contribution is -2.18. The second-order valence-corrected chi connectivity index (χ2v) is 5.44. The average molecular weight is 239 g/mol. The van der Waals surface area contributed by atoms with Crippen LogP contribution in [0.5, 0.6) is 0 Å². The predicted octanol–water partition coefficient (Wildman–Crippen LogP) is 4.76. The molecule has 0 radical (unpaired) electrons. The Balaban J connectivity index is 1.95. The van der Waals surface area contributed by atoms with Gasteiger partial charge in [-0.2, -0.15) is 0 Å². The highest BCUT2D eigenvalue weighted by molar-refractivity contribution is 7.10. The summed E-state index contributed by atoms with van der Waals surface area (Å²) in [6, 6.07) is 4.86. The molecule has 1 atom stereocenters. The Morgan fingerprint density at radius 3 is 2.62 bits per heavy atom. The van der Waals surface area contributed by atoms with Gasteiger partial charge in [-0.3, -0.25) is 0 Å². The second kappa shape index (κ2) is 8.77. The molecule has 92 valence electrons. The first-order valence-corrected chi connectivity index (χ1v) is 7.49. The van der Waals surface area contributed by atoms with Crippen molar-refractivity contribution < 1.29 is 0 Å². The summed E-state index contributed by atoms with van der Waals surface area (Å²) in [6.45, 7) is 5.68. The molecule has 0 bridgehead atoms. The molecule has 0 aliphatic heterocycles. The molecule has 0 aliphatic carbocycles. The van der Waals surface area contributed by atoms with Gasteiger partial charge in [0, 0.05) is 10.9 Å². The van der Waals surface area contributed by atoms with Crippen LogP contribution in [0.3, 0.4) is 0 Å². The molecule has 1 heterocycles. The van der Waals surface area contributed by atoms with Crippen molar-refractivity contribution >= 4 is 11.3 Å². The number of hydrogen-bond donors (Lipinski definition) is 1. The SMILES string of the molecule is CCCCCCCCN[C@@H](C)c1cccs1. The van der Waals surface area contributed by atoms with Crippen molar-refractivity contribution in [3.05, 3.63) is 22.4 Å². The molecule has 0 saturated heterocycles. The maximum atomic E-state index is 3.59. The molecule has 1 rings (SSSR count). The Labute approximate surface area is 104 Å². The Morgan fingerprint density at radius 1 is 1.19 bits per heavy atom. The van der Waals surface area contributed by atoms with Crippen LogP contribution in [0.25, 0.3) is 0 Å². The molecule has 0 unspecified atom stereocenters. The van der Waals surface area contributed by atoms with Gasteiger partial charge in [-0.15, -0.1) is 11.3 Å². The molecule has 0 saturated carbocycles. The van der Waals surface area contributed by atoms with E-state index < -0.39 is 0 Å². The minimum absolute atomic E-state index is 0.524. The van der Waals surface area contributed by atoms with E-state index in [1.54, 1.807) is 0 Å². The van der Waals surface area contributed by atoms with Gasteiger partial charge in [0.05, 0.1) is 0 Å². The second-order valence-electron chi connectivity index (χ2n) is 4.46. The molecule has 0 aromatic carbocycles. The van der Waals surface area contributed by atoms with Crippen LogP contribution in [0.2, 0.25) is 0 Å². The highest BCUT2D eigenvalue weighted by atomic mass is 32.1. The molecule has 0 amide bonds. The van der Waals surface area contributed by atoms with Crippen molar-refractivity contribution in [1.29, 1.82) is 0 Å². The molecule has 1 N–H and O–H groups in total. The summed E-state index contributed by atoms with van der Waals surface area (Å²) in [4.78, 5) is 1.45. The number of unbranched alkanes of at least 4 members (excludes halogenated alkanes) is 5. The molecule has 0 fully saturated rings. The van der Waals surface area contributed by atoms with E-state index in [1.807, 2.05) is 11.3 Å². The van der Waals surface area contributed by atoms with Crippen LogP contribution < -0.4 is 5.32 Å². The van der Waals surface area contributed by atoms with E-state index in [0.717, 1.165) is 6.54 Å². The van der Waals surface area contributed by atoms with Gasteiger partial charge in [0.15, 0.2) is 0 Å². The summed E-state index contributed by atoms with van der Waals surface area (Å²) < 4.78 is 0. The summed E-state index contributed by atoms with van der Waals surface area (Å²) in [5, 5.41) is 5.74. The molecule has 1 aromatic rings. The largest absolute Gasteiger partial charge is 0.309 e. The monoisotopic (exact) mass is 239 g/mol. The van der Waals surface area contributed by atoms with Crippen molar-refractivity contribution in [2.45, 2.75) is 58.4 Å². The van der Waals surface area contributed by atoms with Gasteiger partial charge in [0.2, 0.25) is 0 Å². The van der Waals surface area contributed by atoms with E-state index in [1.165, 1.54) is 43.4 Å². The van der Waals surface area contributed by atoms with Gasteiger partial charge < -0.3 is 5.32 Å².